The van der Waals surface area contributed by atoms with E-state index in [0.29, 0.717) is 16.8 Å². The minimum absolute atomic E-state index is 0.0937. The Morgan fingerprint density at radius 1 is 1.05 bits per heavy atom. The summed E-state index contributed by atoms with van der Waals surface area (Å²) in [6.07, 6.45) is 3.32. The quantitative estimate of drug-likeness (QED) is 0.367. The maximum Gasteiger partial charge on any atom is 0.271 e. The van der Waals surface area contributed by atoms with Gasteiger partial charge in [-0.2, -0.15) is 10.4 Å². The van der Waals surface area contributed by atoms with Crippen molar-refractivity contribution in [3.05, 3.63) is 83.1 Å². The summed E-state index contributed by atoms with van der Waals surface area (Å²) in [5.74, 6) is -1.13. The average Bonchev–Trinajstić information content (AvgIpc) is 3.31. The second-order valence-corrected chi connectivity index (χ2v) is 10.7. The maximum atomic E-state index is 13.2. The second kappa shape index (κ2) is 9.97. The summed E-state index contributed by atoms with van der Waals surface area (Å²) in [4.78, 5) is 26.9. The van der Waals surface area contributed by atoms with E-state index in [-0.39, 0.29) is 28.2 Å². The molecule has 2 aromatic carbocycles. The zero-order valence-corrected chi connectivity index (χ0v) is 21.7. The summed E-state index contributed by atoms with van der Waals surface area (Å²) in [6, 6.07) is 17.7. The molecule has 0 bridgehead atoms. The molecule has 0 unspecified atom stereocenters. The number of likely N-dealkylation sites (N-methyl/N-ethyl adjacent to an activating group) is 1. The Bertz CT molecular complexity index is 1610. The maximum absolute atomic E-state index is 13.2. The molecule has 188 valence electrons. The highest BCUT2D eigenvalue weighted by atomic mass is 32.2. The molecule has 1 aliphatic rings. The Morgan fingerprint density at radius 2 is 1.76 bits per heavy atom. The van der Waals surface area contributed by atoms with Crippen LogP contribution in [-0.4, -0.2) is 59.9 Å². The lowest BCUT2D eigenvalue weighted by atomic mass is 9.93. The number of sulfonamides is 1. The molecule has 1 aromatic heterocycles. The number of aromatic nitrogens is 2. The summed E-state index contributed by atoms with van der Waals surface area (Å²) < 4.78 is 28.3. The fourth-order valence-corrected chi connectivity index (χ4v) is 4.97. The predicted molar refractivity (Wildman–Crippen MR) is 139 cm³/mol. The third kappa shape index (κ3) is 4.62. The first-order chi connectivity index (χ1) is 17.6. The van der Waals surface area contributed by atoms with Crippen molar-refractivity contribution in [1.82, 2.24) is 19.0 Å². The van der Waals surface area contributed by atoms with Crippen molar-refractivity contribution in [2.75, 3.05) is 20.6 Å². The van der Waals surface area contributed by atoms with E-state index in [1.165, 1.54) is 26.2 Å². The first-order valence-corrected chi connectivity index (χ1v) is 12.9. The fourth-order valence-electron chi connectivity index (χ4n) is 4.02. The van der Waals surface area contributed by atoms with Crippen LogP contribution in [0.1, 0.15) is 19.4 Å². The molecule has 9 nitrogen and oxygen atoms in total. The van der Waals surface area contributed by atoms with E-state index in [9.17, 15) is 23.3 Å². The highest BCUT2D eigenvalue weighted by Crippen LogP contribution is 2.32. The Balaban J connectivity index is 1.97. The number of carbonyl (C=O) groups is 2. The topological polar surface area (TPSA) is 116 Å². The van der Waals surface area contributed by atoms with E-state index in [2.05, 4.69) is 0 Å². The molecular formula is C27H25N5O4S. The van der Waals surface area contributed by atoms with Gasteiger partial charge in [-0.15, -0.1) is 0 Å². The van der Waals surface area contributed by atoms with Crippen LogP contribution in [-0.2, 0) is 19.6 Å². The van der Waals surface area contributed by atoms with Gasteiger partial charge in [-0.3, -0.25) is 14.5 Å². The van der Waals surface area contributed by atoms with E-state index >= 15 is 0 Å². The van der Waals surface area contributed by atoms with Crippen LogP contribution < -0.4 is 0 Å². The van der Waals surface area contributed by atoms with Gasteiger partial charge < -0.3 is 0 Å². The van der Waals surface area contributed by atoms with E-state index in [1.807, 2.05) is 36.4 Å². The van der Waals surface area contributed by atoms with Crippen LogP contribution in [0.15, 0.2) is 82.4 Å². The van der Waals surface area contributed by atoms with Gasteiger partial charge in [-0.1, -0.05) is 30.3 Å². The molecule has 0 fully saturated rings. The number of hydrogen-bond donors (Lipinski definition) is 0. The molecule has 4 rings (SSSR count). The van der Waals surface area contributed by atoms with Gasteiger partial charge in [0.2, 0.25) is 10.0 Å². The van der Waals surface area contributed by atoms with Crippen LogP contribution in [0.3, 0.4) is 0 Å². The Kier molecular flexibility index (Phi) is 6.94. The van der Waals surface area contributed by atoms with Gasteiger partial charge in [0.1, 0.15) is 17.3 Å². The smallest absolute Gasteiger partial charge is 0.271 e. The lowest BCUT2D eigenvalue weighted by Crippen LogP contribution is -2.42. The van der Waals surface area contributed by atoms with Crippen molar-refractivity contribution >= 4 is 27.9 Å². The van der Waals surface area contributed by atoms with Crippen LogP contribution in [0.5, 0.6) is 0 Å². The summed E-state index contributed by atoms with van der Waals surface area (Å²) in [5.41, 5.74) is 2.63. The number of nitriles is 1. The lowest BCUT2D eigenvalue weighted by molar-refractivity contribution is -0.140. The van der Waals surface area contributed by atoms with Crippen molar-refractivity contribution in [2.45, 2.75) is 18.7 Å². The highest BCUT2D eigenvalue weighted by Gasteiger charge is 2.34. The molecule has 0 atom stereocenters. The molecule has 10 heteroatoms. The average molecular weight is 516 g/mol. The first kappa shape index (κ1) is 25.8. The standard InChI is InChI=1S/C27H25N5O4S/c1-5-31-26(33)23(18(2)24(16-28)27(31)34)15-20-17-32(21-11-7-6-8-12-21)29-25(20)19-10-9-13-22(14-19)37(35,36)30(3)4/h6-15,17H,5H2,1-4H3/b23-15+. The molecule has 37 heavy (non-hydrogen) atoms. The van der Waals surface area contributed by atoms with Crippen LogP contribution >= 0.6 is 0 Å². The predicted octanol–water partition coefficient (Wildman–Crippen LogP) is 3.40. The zero-order valence-electron chi connectivity index (χ0n) is 20.8. The molecule has 2 heterocycles. The Morgan fingerprint density at radius 3 is 2.38 bits per heavy atom. The molecule has 0 saturated heterocycles. The number of hydrogen-bond acceptors (Lipinski definition) is 6. The SMILES string of the molecule is CCN1C(=O)C(C#N)=C(C)/C(=C\c2cn(-c3ccccc3)nc2-c2cccc(S(=O)(=O)N(C)C)c2)C1=O. The van der Waals surface area contributed by atoms with E-state index in [4.69, 9.17) is 5.10 Å². The van der Waals surface area contributed by atoms with E-state index in [0.717, 1.165) is 14.9 Å². The summed E-state index contributed by atoms with van der Waals surface area (Å²) in [7, 11) is -0.781. The number of nitrogens with zero attached hydrogens (tertiary/aromatic N) is 5. The number of benzene rings is 2. The largest absolute Gasteiger partial charge is 0.274 e. The number of amides is 2. The monoisotopic (exact) mass is 515 g/mol. The van der Waals surface area contributed by atoms with Crippen molar-refractivity contribution in [3.63, 3.8) is 0 Å². The van der Waals surface area contributed by atoms with Gasteiger partial charge in [0.15, 0.2) is 0 Å². The minimum Gasteiger partial charge on any atom is -0.274 e. The van der Waals surface area contributed by atoms with Crippen LogP contribution in [0, 0.1) is 11.3 Å². The molecular weight excluding hydrogens is 490 g/mol. The number of rotatable bonds is 6. The van der Waals surface area contributed by atoms with Gasteiger partial charge in [0, 0.05) is 43.5 Å². The number of imide groups is 1. The van der Waals surface area contributed by atoms with Crippen LogP contribution in [0.25, 0.3) is 23.0 Å². The van der Waals surface area contributed by atoms with Gasteiger partial charge in [-0.05, 0) is 49.8 Å². The third-order valence-electron chi connectivity index (χ3n) is 6.09. The minimum atomic E-state index is -3.70. The van der Waals surface area contributed by atoms with E-state index in [1.54, 1.807) is 42.9 Å². The first-order valence-electron chi connectivity index (χ1n) is 11.5. The molecule has 0 aliphatic carbocycles. The molecule has 2 amide bonds. The highest BCUT2D eigenvalue weighted by molar-refractivity contribution is 7.89. The van der Waals surface area contributed by atoms with Crippen molar-refractivity contribution < 1.29 is 18.0 Å². The van der Waals surface area contributed by atoms with E-state index < -0.39 is 21.8 Å². The summed E-state index contributed by atoms with van der Waals surface area (Å²) in [6.45, 7) is 3.35. The van der Waals surface area contributed by atoms with Gasteiger partial charge >= 0.3 is 0 Å². The lowest BCUT2D eigenvalue weighted by Gasteiger charge is -2.26. The molecule has 0 radical (unpaired) electrons. The van der Waals surface area contributed by atoms with Gasteiger partial charge in [-0.25, -0.2) is 17.4 Å². The Hall–Kier alpha value is -4.33. The van der Waals surface area contributed by atoms with Crippen LogP contribution in [0.2, 0.25) is 0 Å². The molecule has 0 spiro atoms. The third-order valence-corrected chi connectivity index (χ3v) is 7.90. The van der Waals surface area contributed by atoms with Crippen molar-refractivity contribution in [2.24, 2.45) is 0 Å². The molecule has 1 aliphatic heterocycles. The Labute approximate surface area is 215 Å². The summed E-state index contributed by atoms with van der Waals surface area (Å²) >= 11 is 0. The fraction of sp³-hybridized carbons (Fsp3) is 0.185. The van der Waals surface area contributed by atoms with Crippen molar-refractivity contribution in [3.8, 4) is 23.0 Å². The number of carbonyl (C=O) groups excluding carboxylic acids is 2. The second-order valence-electron chi connectivity index (χ2n) is 8.55. The molecule has 0 saturated carbocycles. The molecule has 0 N–H and O–H groups in total. The summed E-state index contributed by atoms with van der Waals surface area (Å²) in [5, 5.41) is 14.3. The normalized spacial score (nSPS) is 15.6. The number of para-hydroxylation sites is 1. The van der Waals surface area contributed by atoms with Crippen LogP contribution in [0.4, 0.5) is 0 Å². The molecule has 3 aromatic rings. The zero-order chi connectivity index (χ0) is 26.9. The van der Waals surface area contributed by atoms with Crippen molar-refractivity contribution in [1.29, 1.82) is 5.26 Å². The van der Waals surface area contributed by atoms with Gasteiger partial charge in [0.05, 0.1) is 10.6 Å². The van der Waals surface area contributed by atoms with Gasteiger partial charge in [0.25, 0.3) is 11.8 Å².